The molecule has 1 aromatic carbocycles. The fraction of sp³-hybridized carbons (Fsp3) is 0.294. The summed E-state index contributed by atoms with van der Waals surface area (Å²) in [5.74, 6) is -2.41. The number of fused-ring (bicyclic) bond motifs is 1. The fourth-order valence-corrected chi connectivity index (χ4v) is 3.55. The molecule has 2 aromatic rings. The van der Waals surface area contributed by atoms with Crippen molar-refractivity contribution in [3.63, 3.8) is 0 Å². The smallest absolute Gasteiger partial charge is 0.420 e. The molecule has 0 saturated heterocycles. The molecule has 0 radical (unpaired) electrons. The predicted molar refractivity (Wildman–Crippen MR) is 94.0 cm³/mol. The summed E-state index contributed by atoms with van der Waals surface area (Å²) in [6.45, 7) is 0.894. The maximum Gasteiger partial charge on any atom is 0.487 e. The average molecular weight is 488 g/mol. The SMILES string of the molecule is Cc1nn(-c2ccc(OC(F)(F)Cl)cc2)c2c1C(C(F)(F)F)(C(F)(F)F)C(C#N)=C(N)N2. The van der Waals surface area contributed by atoms with Gasteiger partial charge in [0.15, 0.2) is 0 Å². The Hall–Kier alpha value is -3.21. The molecule has 0 bridgehead atoms. The van der Waals surface area contributed by atoms with E-state index in [1.165, 1.54) is 0 Å². The van der Waals surface area contributed by atoms with Gasteiger partial charge in [0.25, 0.3) is 0 Å². The van der Waals surface area contributed by atoms with Gasteiger partial charge < -0.3 is 15.8 Å². The standard InChI is InChI=1S/C17H10ClF8N5O/c1-7-11-13(31(30-7)8-2-4-9(5-3-8)32-17(18,25)26)29-12(28)10(6-27)14(11,15(19,20)21)16(22,23)24/h2-5,29H,28H2,1H3. The van der Waals surface area contributed by atoms with Crippen LogP contribution >= 0.6 is 11.6 Å². The first-order valence-corrected chi connectivity index (χ1v) is 8.69. The van der Waals surface area contributed by atoms with E-state index < -0.39 is 57.6 Å². The number of hydrogen-bond acceptors (Lipinski definition) is 5. The van der Waals surface area contributed by atoms with Gasteiger partial charge in [-0.1, -0.05) is 0 Å². The van der Waals surface area contributed by atoms with E-state index in [0.29, 0.717) is 4.68 Å². The second-order valence-electron chi connectivity index (χ2n) is 6.53. The number of nitrogens with zero attached hydrogens (tertiary/aromatic N) is 3. The zero-order valence-corrected chi connectivity index (χ0v) is 16.3. The summed E-state index contributed by atoms with van der Waals surface area (Å²) < 4.78 is 115. The first kappa shape index (κ1) is 23.5. The molecule has 1 aliphatic rings. The summed E-state index contributed by atoms with van der Waals surface area (Å²) in [6.07, 6.45) is -12.0. The molecule has 3 N–H and O–H groups in total. The lowest BCUT2D eigenvalue weighted by Gasteiger charge is -2.40. The first-order valence-electron chi connectivity index (χ1n) is 8.31. The lowest BCUT2D eigenvalue weighted by atomic mass is 9.71. The third-order valence-corrected chi connectivity index (χ3v) is 4.69. The van der Waals surface area contributed by atoms with Crippen molar-refractivity contribution in [1.82, 2.24) is 9.78 Å². The molecule has 0 spiro atoms. The maximum absolute atomic E-state index is 14.1. The minimum Gasteiger partial charge on any atom is -0.420 e. The lowest BCUT2D eigenvalue weighted by Crippen LogP contribution is -2.58. The summed E-state index contributed by atoms with van der Waals surface area (Å²) in [5, 5.41) is 15.0. The van der Waals surface area contributed by atoms with Crippen LogP contribution in [0, 0.1) is 18.3 Å². The summed E-state index contributed by atoms with van der Waals surface area (Å²) in [4.78, 5) is 0. The van der Waals surface area contributed by atoms with Gasteiger partial charge in [0.2, 0.25) is 5.41 Å². The van der Waals surface area contributed by atoms with Crippen molar-refractivity contribution in [1.29, 1.82) is 5.26 Å². The Bertz CT molecular complexity index is 1110. The molecule has 172 valence electrons. The number of allylic oxidation sites excluding steroid dienone is 1. The number of nitrogens with one attached hydrogen (secondary N) is 1. The molecular formula is C17H10ClF8N5O. The van der Waals surface area contributed by atoms with Crippen molar-refractivity contribution in [2.24, 2.45) is 5.73 Å². The summed E-state index contributed by atoms with van der Waals surface area (Å²) in [6, 6.07) is 4.88. The van der Waals surface area contributed by atoms with Crippen LogP contribution in [0.15, 0.2) is 35.7 Å². The van der Waals surface area contributed by atoms with Crippen LogP contribution < -0.4 is 15.8 Å². The van der Waals surface area contributed by atoms with Crippen LogP contribution in [0.3, 0.4) is 0 Å². The minimum absolute atomic E-state index is 0.126. The van der Waals surface area contributed by atoms with Crippen LogP contribution in [-0.4, -0.2) is 27.7 Å². The van der Waals surface area contributed by atoms with Gasteiger partial charge in [-0.3, -0.25) is 0 Å². The van der Waals surface area contributed by atoms with Crippen molar-refractivity contribution in [3.05, 3.63) is 46.9 Å². The van der Waals surface area contributed by atoms with Gasteiger partial charge in [0, 0.05) is 17.2 Å². The van der Waals surface area contributed by atoms with Crippen LogP contribution in [0.25, 0.3) is 5.69 Å². The number of aryl methyl sites for hydroxylation is 1. The van der Waals surface area contributed by atoms with E-state index in [2.05, 4.69) is 26.8 Å². The molecule has 6 nitrogen and oxygen atoms in total. The molecule has 1 aromatic heterocycles. The minimum atomic E-state index is -6.01. The molecule has 15 heteroatoms. The Balaban J connectivity index is 2.28. The van der Waals surface area contributed by atoms with Gasteiger partial charge in [0.1, 0.15) is 23.5 Å². The molecule has 0 aliphatic carbocycles. The van der Waals surface area contributed by atoms with Crippen molar-refractivity contribution in [3.8, 4) is 17.5 Å². The zero-order valence-electron chi connectivity index (χ0n) is 15.5. The van der Waals surface area contributed by atoms with E-state index in [-0.39, 0.29) is 5.69 Å². The molecule has 0 fully saturated rings. The van der Waals surface area contributed by atoms with E-state index in [9.17, 15) is 35.1 Å². The normalized spacial score (nSPS) is 16.3. The second kappa shape index (κ2) is 7.16. The number of alkyl halides is 9. The Kier molecular flexibility index (Phi) is 5.25. The van der Waals surface area contributed by atoms with Crippen LogP contribution in [0.5, 0.6) is 5.75 Å². The molecule has 0 atom stereocenters. The fourth-order valence-electron chi connectivity index (χ4n) is 3.46. The van der Waals surface area contributed by atoms with Crippen molar-refractivity contribution >= 4 is 17.4 Å². The highest BCUT2D eigenvalue weighted by molar-refractivity contribution is 6.20. The highest BCUT2D eigenvalue weighted by Crippen LogP contribution is 2.60. The van der Waals surface area contributed by atoms with Gasteiger partial charge in [-0.2, -0.15) is 36.7 Å². The second-order valence-corrected chi connectivity index (χ2v) is 6.97. The molecule has 0 amide bonds. The van der Waals surface area contributed by atoms with E-state index >= 15 is 0 Å². The number of nitriles is 1. The van der Waals surface area contributed by atoms with Crippen LogP contribution in [0.2, 0.25) is 0 Å². The Labute approximate surface area is 178 Å². The van der Waals surface area contributed by atoms with Crippen LogP contribution in [-0.2, 0) is 5.41 Å². The average Bonchev–Trinajstić information content (AvgIpc) is 2.94. The van der Waals surface area contributed by atoms with Gasteiger partial charge in [-0.25, -0.2) is 4.68 Å². The number of halogens is 9. The predicted octanol–water partition coefficient (Wildman–Crippen LogP) is 4.83. The number of anilines is 1. The monoisotopic (exact) mass is 487 g/mol. The molecule has 1 aliphatic heterocycles. The highest BCUT2D eigenvalue weighted by Gasteiger charge is 2.77. The van der Waals surface area contributed by atoms with Crippen LogP contribution in [0.4, 0.5) is 40.9 Å². The van der Waals surface area contributed by atoms with Crippen LogP contribution in [0.1, 0.15) is 11.3 Å². The number of aromatic nitrogens is 2. The number of nitrogens with two attached hydrogens (primary N) is 1. The maximum atomic E-state index is 14.1. The van der Waals surface area contributed by atoms with E-state index in [4.69, 9.17) is 11.0 Å². The molecule has 3 rings (SSSR count). The Morgan fingerprint density at radius 1 is 1.09 bits per heavy atom. The quantitative estimate of drug-likeness (QED) is 0.478. The number of hydrogen-bond donors (Lipinski definition) is 2. The molecule has 2 heterocycles. The molecule has 32 heavy (non-hydrogen) atoms. The number of benzene rings is 1. The summed E-state index contributed by atoms with van der Waals surface area (Å²) in [5.41, 5.74) is -7.35. The van der Waals surface area contributed by atoms with E-state index in [1.54, 1.807) is 0 Å². The van der Waals surface area contributed by atoms with Gasteiger partial charge in [-0.05, 0) is 31.2 Å². The molecule has 0 saturated carbocycles. The molecular weight excluding hydrogens is 478 g/mol. The third kappa shape index (κ3) is 3.46. The van der Waals surface area contributed by atoms with E-state index in [1.807, 2.05) is 0 Å². The Morgan fingerprint density at radius 3 is 2.06 bits per heavy atom. The van der Waals surface area contributed by atoms with Gasteiger partial charge >= 0.3 is 17.9 Å². The summed E-state index contributed by atoms with van der Waals surface area (Å²) >= 11 is 4.64. The lowest BCUT2D eigenvalue weighted by molar-refractivity contribution is -0.289. The Morgan fingerprint density at radius 2 is 1.62 bits per heavy atom. The van der Waals surface area contributed by atoms with Crippen molar-refractivity contribution in [2.45, 2.75) is 30.3 Å². The third-order valence-electron chi connectivity index (χ3n) is 4.61. The molecule has 0 unspecified atom stereocenters. The number of rotatable bonds is 3. The number of ether oxygens (including phenoxy) is 1. The first-order chi connectivity index (χ1) is 14.5. The van der Waals surface area contributed by atoms with E-state index in [0.717, 1.165) is 37.3 Å². The topological polar surface area (TPSA) is 88.9 Å². The van der Waals surface area contributed by atoms with Gasteiger partial charge in [-0.15, -0.1) is 8.78 Å². The zero-order chi connectivity index (χ0) is 24.3. The van der Waals surface area contributed by atoms with Crippen molar-refractivity contribution < 1.29 is 39.9 Å². The van der Waals surface area contributed by atoms with Gasteiger partial charge in [0.05, 0.1) is 17.0 Å². The summed E-state index contributed by atoms with van der Waals surface area (Å²) in [7, 11) is 0. The van der Waals surface area contributed by atoms with Crippen molar-refractivity contribution in [2.75, 3.05) is 5.32 Å². The largest absolute Gasteiger partial charge is 0.487 e. The highest BCUT2D eigenvalue weighted by atomic mass is 35.5.